The number of methoxy groups -OCH3 is 1. The van der Waals surface area contributed by atoms with E-state index >= 15 is 0 Å². The second-order valence-electron chi connectivity index (χ2n) is 6.48. The standard InChI is InChI=1S/C15H26N2O2/c1-15(2,3)13-12(10-18)14(19-4)17(16-13)11-8-6-5-7-9-11/h11,18H,5-10H2,1-4H3. The van der Waals surface area contributed by atoms with E-state index in [1.165, 1.54) is 19.3 Å². The van der Waals surface area contributed by atoms with Crippen molar-refractivity contribution in [3.05, 3.63) is 11.3 Å². The quantitative estimate of drug-likeness (QED) is 0.914. The number of aliphatic hydroxyl groups is 1. The molecule has 0 unspecified atom stereocenters. The Balaban J connectivity index is 2.45. The van der Waals surface area contributed by atoms with Crippen LogP contribution in [0, 0.1) is 0 Å². The Hall–Kier alpha value is -1.03. The Morgan fingerprint density at radius 3 is 2.37 bits per heavy atom. The molecule has 0 spiro atoms. The van der Waals surface area contributed by atoms with Gasteiger partial charge in [-0.1, -0.05) is 40.0 Å². The largest absolute Gasteiger partial charge is 0.481 e. The molecule has 1 saturated carbocycles. The van der Waals surface area contributed by atoms with Crippen LogP contribution in [0.25, 0.3) is 0 Å². The van der Waals surface area contributed by atoms with Crippen molar-refractivity contribution in [1.82, 2.24) is 9.78 Å². The van der Waals surface area contributed by atoms with Gasteiger partial charge in [0.15, 0.2) is 0 Å². The van der Waals surface area contributed by atoms with Crippen LogP contribution in [0.2, 0.25) is 0 Å². The highest BCUT2D eigenvalue weighted by molar-refractivity contribution is 5.35. The van der Waals surface area contributed by atoms with Crippen LogP contribution in [0.15, 0.2) is 0 Å². The summed E-state index contributed by atoms with van der Waals surface area (Å²) in [6.07, 6.45) is 6.15. The molecule has 1 N–H and O–H groups in total. The summed E-state index contributed by atoms with van der Waals surface area (Å²) in [5.41, 5.74) is 1.73. The van der Waals surface area contributed by atoms with Crippen molar-refractivity contribution in [2.45, 2.75) is 70.9 Å². The van der Waals surface area contributed by atoms with Gasteiger partial charge < -0.3 is 9.84 Å². The monoisotopic (exact) mass is 266 g/mol. The van der Waals surface area contributed by atoms with E-state index in [9.17, 15) is 5.11 Å². The third-order valence-electron chi connectivity index (χ3n) is 3.94. The van der Waals surface area contributed by atoms with Crippen molar-refractivity contribution < 1.29 is 9.84 Å². The zero-order valence-corrected chi connectivity index (χ0v) is 12.6. The second-order valence-corrected chi connectivity index (χ2v) is 6.48. The first-order valence-corrected chi connectivity index (χ1v) is 7.25. The minimum Gasteiger partial charge on any atom is -0.481 e. The molecule has 108 valence electrons. The number of hydrogen-bond acceptors (Lipinski definition) is 3. The van der Waals surface area contributed by atoms with Gasteiger partial charge in [-0.15, -0.1) is 0 Å². The van der Waals surface area contributed by atoms with Crippen molar-refractivity contribution in [2.24, 2.45) is 0 Å². The van der Waals surface area contributed by atoms with Gasteiger partial charge in [-0.2, -0.15) is 5.10 Å². The SMILES string of the molecule is COc1c(CO)c(C(C)(C)C)nn1C1CCCCC1. The Kier molecular flexibility index (Phi) is 4.19. The predicted octanol–water partition coefficient (Wildman–Crippen LogP) is 3.19. The van der Waals surface area contributed by atoms with E-state index in [1.807, 2.05) is 4.68 Å². The summed E-state index contributed by atoms with van der Waals surface area (Å²) >= 11 is 0. The van der Waals surface area contributed by atoms with Gasteiger partial charge >= 0.3 is 0 Å². The maximum Gasteiger partial charge on any atom is 0.217 e. The van der Waals surface area contributed by atoms with E-state index < -0.39 is 0 Å². The van der Waals surface area contributed by atoms with Crippen LogP contribution < -0.4 is 4.74 Å². The zero-order valence-electron chi connectivity index (χ0n) is 12.6. The molecule has 1 aliphatic carbocycles. The Morgan fingerprint density at radius 1 is 1.26 bits per heavy atom. The van der Waals surface area contributed by atoms with Gasteiger partial charge in [0.2, 0.25) is 5.88 Å². The molecule has 2 rings (SSSR count). The number of nitrogens with zero attached hydrogens (tertiary/aromatic N) is 2. The van der Waals surface area contributed by atoms with Crippen LogP contribution in [0.5, 0.6) is 5.88 Å². The summed E-state index contributed by atoms with van der Waals surface area (Å²) in [6, 6.07) is 0.421. The Bertz CT molecular complexity index is 426. The molecule has 1 aromatic rings. The minimum absolute atomic E-state index is 0.0114. The van der Waals surface area contributed by atoms with Crippen molar-refractivity contribution in [3.63, 3.8) is 0 Å². The molecule has 0 atom stereocenters. The molecule has 0 aromatic carbocycles. The highest BCUT2D eigenvalue weighted by Gasteiger charge is 2.30. The molecule has 1 aliphatic rings. The maximum atomic E-state index is 9.67. The highest BCUT2D eigenvalue weighted by atomic mass is 16.5. The molecular formula is C15H26N2O2. The number of hydrogen-bond donors (Lipinski definition) is 1. The van der Waals surface area contributed by atoms with Gasteiger partial charge in [0.05, 0.1) is 31.0 Å². The molecule has 4 nitrogen and oxygen atoms in total. The second kappa shape index (κ2) is 5.53. The Morgan fingerprint density at radius 2 is 1.89 bits per heavy atom. The topological polar surface area (TPSA) is 47.3 Å². The molecule has 19 heavy (non-hydrogen) atoms. The summed E-state index contributed by atoms with van der Waals surface area (Å²) in [7, 11) is 1.67. The molecule has 1 fully saturated rings. The first-order chi connectivity index (χ1) is 8.99. The fourth-order valence-electron chi connectivity index (χ4n) is 2.99. The van der Waals surface area contributed by atoms with Gasteiger partial charge in [0.25, 0.3) is 0 Å². The van der Waals surface area contributed by atoms with Crippen molar-refractivity contribution in [1.29, 1.82) is 0 Å². The van der Waals surface area contributed by atoms with Gasteiger partial charge in [-0.3, -0.25) is 0 Å². The highest BCUT2D eigenvalue weighted by Crippen LogP contribution is 2.37. The number of aliphatic hydroxyl groups excluding tert-OH is 1. The van der Waals surface area contributed by atoms with Crippen LogP contribution in [0.1, 0.15) is 70.2 Å². The summed E-state index contributed by atoms with van der Waals surface area (Å²) in [6.45, 7) is 6.36. The minimum atomic E-state index is -0.0781. The average molecular weight is 266 g/mol. The summed E-state index contributed by atoms with van der Waals surface area (Å²) < 4.78 is 7.56. The fraction of sp³-hybridized carbons (Fsp3) is 0.800. The molecule has 4 heteroatoms. The van der Waals surface area contributed by atoms with Crippen molar-refractivity contribution in [2.75, 3.05) is 7.11 Å². The normalized spacial score (nSPS) is 17.7. The van der Waals surface area contributed by atoms with Gasteiger partial charge in [-0.05, 0) is 12.8 Å². The Labute approximate surface area is 115 Å². The first-order valence-electron chi connectivity index (χ1n) is 7.25. The van der Waals surface area contributed by atoms with Gasteiger partial charge in [0.1, 0.15) is 0 Å². The third-order valence-corrected chi connectivity index (χ3v) is 3.94. The van der Waals surface area contributed by atoms with Crippen LogP contribution >= 0.6 is 0 Å². The average Bonchev–Trinajstić information content (AvgIpc) is 2.78. The third kappa shape index (κ3) is 2.78. The molecule has 1 heterocycles. The summed E-state index contributed by atoms with van der Waals surface area (Å²) in [5, 5.41) is 14.5. The van der Waals surface area contributed by atoms with E-state index in [-0.39, 0.29) is 12.0 Å². The summed E-state index contributed by atoms with van der Waals surface area (Å²) in [5.74, 6) is 0.749. The first kappa shape index (κ1) is 14.4. The van der Waals surface area contributed by atoms with Crippen molar-refractivity contribution in [3.8, 4) is 5.88 Å². The lowest BCUT2D eigenvalue weighted by molar-refractivity contribution is 0.256. The molecule has 0 saturated heterocycles. The molecule has 1 aromatic heterocycles. The molecule has 0 aliphatic heterocycles. The lowest BCUT2D eigenvalue weighted by atomic mass is 9.89. The van der Waals surface area contributed by atoms with Gasteiger partial charge in [-0.25, -0.2) is 4.68 Å². The van der Waals surface area contributed by atoms with E-state index in [0.717, 1.165) is 30.0 Å². The van der Waals surface area contributed by atoms with E-state index in [2.05, 4.69) is 20.8 Å². The number of aromatic nitrogens is 2. The lowest BCUT2D eigenvalue weighted by Crippen LogP contribution is -2.17. The molecule has 0 radical (unpaired) electrons. The van der Waals surface area contributed by atoms with Gasteiger partial charge in [0, 0.05) is 5.41 Å². The number of rotatable bonds is 3. The van der Waals surface area contributed by atoms with Crippen LogP contribution in [0.3, 0.4) is 0 Å². The molecule has 0 amide bonds. The van der Waals surface area contributed by atoms with Crippen LogP contribution in [0.4, 0.5) is 0 Å². The zero-order chi connectivity index (χ0) is 14.0. The van der Waals surface area contributed by atoms with Crippen LogP contribution in [-0.2, 0) is 12.0 Å². The predicted molar refractivity (Wildman–Crippen MR) is 75.5 cm³/mol. The maximum absolute atomic E-state index is 9.67. The van der Waals surface area contributed by atoms with E-state index in [4.69, 9.17) is 9.84 Å². The fourth-order valence-corrected chi connectivity index (χ4v) is 2.99. The lowest BCUT2D eigenvalue weighted by Gasteiger charge is -2.23. The van der Waals surface area contributed by atoms with Crippen molar-refractivity contribution >= 4 is 0 Å². The van der Waals surface area contributed by atoms with Crippen LogP contribution in [-0.4, -0.2) is 22.0 Å². The van der Waals surface area contributed by atoms with E-state index in [1.54, 1.807) is 7.11 Å². The molecule has 0 bridgehead atoms. The van der Waals surface area contributed by atoms with E-state index in [0.29, 0.717) is 6.04 Å². The smallest absolute Gasteiger partial charge is 0.217 e. The summed E-state index contributed by atoms with van der Waals surface area (Å²) in [4.78, 5) is 0. The molecular weight excluding hydrogens is 240 g/mol. The number of ether oxygens (including phenoxy) is 1.